The van der Waals surface area contributed by atoms with Crippen LogP contribution in [0.1, 0.15) is 27.7 Å². The summed E-state index contributed by atoms with van der Waals surface area (Å²) >= 11 is 0. The summed E-state index contributed by atoms with van der Waals surface area (Å²) in [4.78, 5) is 10.5. The SMILES string of the molecule is CC(=O)N[C@@H](C)C=C(C)C. The van der Waals surface area contributed by atoms with Crippen LogP contribution in [-0.2, 0) is 4.79 Å². The lowest BCUT2D eigenvalue weighted by atomic mass is 10.2. The van der Waals surface area contributed by atoms with Gasteiger partial charge in [-0.25, -0.2) is 0 Å². The Balaban J connectivity index is 3.75. The van der Waals surface area contributed by atoms with Gasteiger partial charge in [-0.3, -0.25) is 4.79 Å². The number of nitrogens with one attached hydrogen (secondary N) is 1. The molecule has 0 aliphatic heterocycles. The quantitative estimate of drug-likeness (QED) is 0.580. The third-order valence-electron chi connectivity index (χ3n) is 1.01. The molecule has 0 saturated heterocycles. The third kappa shape index (κ3) is 5.35. The number of hydrogen-bond acceptors (Lipinski definition) is 1. The molecule has 0 rings (SSSR count). The largest absolute Gasteiger partial charge is 0.350 e. The maximum Gasteiger partial charge on any atom is 0.217 e. The zero-order valence-corrected chi connectivity index (χ0v) is 7.06. The van der Waals surface area contributed by atoms with Crippen LogP contribution >= 0.6 is 0 Å². The smallest absolute Gasteiger partial charge is 0.217 e. The highest BCUT2D eigenvalue weighted by Gasteiger charge is 1.96. The Morgan fingerprint density at radius 3 is 2.20 bits per heavy atom. The van der Waals surface area contributed by atoms with Crippen LogP contribution < -0.4 is 5.32 Å². The summed E-state index contributed by atoms with van der Waals surface area (Å²) in [7, 11) is 0. The van der Waals surface area contributed by atoms with E-state index in [0.717, 1.165) is 0 Å². The third-order valence-corrected chi connectivity index (χ3v) is 1.01. The van der Waals surface area contributed by atoms with Gasteiger partial charge in [0.25, 0.3) is 0 Å². The predicted octanol–water partition coefficient (Wildman–Crippen LogP) is 1.48. The van der Waals surface area contributed by atoms with Crippen LogP contribution in [0.5, 0.6) is 0 Å². The van der Waals surface area contributed by atoms with Gasteiger partial charge < -0.3 is 5.32 Å². The number of carbonyl (C=O) groups is 1. The Hall–Kier alpha value is -0.790. The Morgan fingerprint density at radius 1 is 1.40 bits per heavy atom. The molecule has 0 bridgehead atoms. The van der Waals surface area contributed by atoms with Gasteiger partial charge in [-0.1, -0.05) is 11.6 Å². The molecule has 0 aliphatic rings. The maximum atomic E-state index is 10.5. The van der Waals surface area contributed by atoms with E-state index in [1.165, 1.54) is 12.5 Å². The summed E-state index contributed by atoms with van der Waals surface area (Å²) in [5.74, 6) is 0.0185. The fourth-order valence-corrected chi connectivity index (χ4v) is 0.862. The Labute approximate surface area is 62.3 Å². The van der Waals surface area contributed by atoms with Gasteiger partial charge in [0.15, 0.2) is 0 Å². The lowest BCUT2D eigenvalue weighted by molar-refractivity contribution is -0.119. The molecular formula is C8H15NO. The van der Waals surface area contributed by atoms with Crippen molar-refractivity contribution in [2.45, 2.75) is 33.7 Å². The van der Waals surface area contributed by atoms with Gasteiger partial charge >= 0.3 is 0 Å². The molecule has 0 heterocycles. The molecule has 0 aromatic carbocycles. The number of hydrogen-bond donors (Lipinski definition) is 1. The van der Waals surface area contributed by atoms with Gasteiger partial charge in [0.1, 0.15) is 0 Å². The minimum absolute atomic E-state index is 0.0185. The van der Waals surface area contributed by atoms with E-state index < -0.39 is 0 Å². The van der Waals surface area contributed by atoms with Crippen molar-refractivity contribution in [3.63, 3.8) is 0 Å². The number of amides is 1. The van der Waals surface area contributed by atoms with Gasteiger partial charge in [0, 0.05) is 13.0 Å². The number of allylic oxidation sites excluding steroid dienone is 1. The molecule has 10 heavy (non-hydrogen) atoms. The van der Waals surface area contributed by atoms with E-state index >= 15 is 0 Å². The van der Waals surface area contributed by atoms with Gasteiger partial charge in [-0.2, -0.15) is 0 Å². The summed E-state index contributed by atoms with van der Waals surface area (Å²) in [5, 5.41) is 2.76. The number of rotatable bonds is 2. The maximum absolute atomic E-state index is 10.5. The molecule has 0 saturated carbocycles. The molecule has 1 N–H and O–H groups in total. The van der Waals surface area contributed by atoms with E-state index in [1.54, 1.807) is 0 Å². The van der Waals surface area contributed by atoms with Crippen LogP contribution in [0.15, 0.2) is 11.6 Å². The van der Waals surface area contributed by atoms with Crippen LogP contribution in [-0.4, -0.2) is 11.9 Å². The molecule has 0 spiro atoms. The fourth-order valence-electron chi connectivity index (χ4n) is 0.862. The highest BCUT2D eigenvalue weighted by molar-refractivity contribution is 5.73. The van der Waals surface area contributed by atoms with Crippen LogP contribution in [0.2, 0.25) is 0 Å². The summed E-state index contributed by atoms with van der Waals surface area (Å²) < 4.78 is 0. The minimum Gasteiger partial charge on any atom is -0.350 e. The lowest BCUT2D eigenvalue weighted by Crippen LogP contribution is -2.28. The van der Waals surface area contributed by atoms with Crippen molar-refractivity contribution in [1.29, 1.82) is 0 Å². The first kappa shape index (κ1) is 9.21. The molecule has 0 aliphatic carbocycles. The van der Waals surface area contributed by atoms with Crippen molar-refractivity contribution >= 4 is 5.91 Å². The first-order valence-electron chi connectivity index (χ1n) is 3.44. The molecule has 0 aromatic heterocycles. The van der Waals surface area contributed by atoms with E-state index in [2.05, 4.69) is 5.32 Å². The van der Waals surface area contributed by atoms with E-state index in [9.17, 15) is 4.79 Å². The second-order valence-electron chi connectivity index (χ2n) is 2.73. The predicted molar refractivity (Wildman–Crippen MR) is 42.7 cm³/mol. The Kier molecular flexibility index (Phi) is 3.77. The Bertz CT molecular complexity index is 145. The molecule has 0 fully saturated rings. The lowest BCUT2D eigenvalue weighted by Gasteiger charge is -2.06. The molecule has 2 nitrogen and oxygen atoms in total. The van der Waals surface area contributed by atoms with Crippen LogP contribution in [0.3, 0.4) is 0 Å². The van der Waals surface area contributed by atoms with Crippen LogP contribution in [0.4, 0.5) is 0 Å². The van der Waals surface area contributed by atoms with Gasteiger partial charge in [0.05, 0.1) is 0 Å². The van der Waals surface area contributed by atoms with Gasteiger partial charge in [0.2, 0.25) is 5.91 Å². The first-order valence-corrected chi connectivity index (χ1v) is 3.44. The van der Waals surface area contributed by atoms with Gasteiger partial charge in [-0.05, 0) is 20.8 Å². The van der Waals surface area contributed by atoms with Crippen molar-refractivity contribution in [3.05, 3.63) is 11.6 Å². The van der Waals surface area contributed by atoms with Gasteiger partial charge in [-0.15, -0.1) is 0 Å². The van der Waals surface area contributed by atoms with Crippen molar-refractivity contribution in [1.82, 2.24) is 5.32 Å². The Morgan fingerprint density at radius 2 is 1.90 bits per heavy atom. The van der Waals surface area contributed by atoms with Crippen LogP contribution in [0, 0.1) is 0 Å². The molecule has 0 radical (unpaired) electrons. The highest BCUT2D eigenvalue weighted by Crippen LogP contribution is 1.92. The van der Waals surface area contributed by atoms with E-state index in [-0.39, 0.29) is 11.9 Å². The average molecular weight is 141 g/mol. The van der Waals surface area contributed by atoms with Crippen molar-refractivity contribution < 1.29 is 4.79 Å². The monoisotopic (exact) mass is 141 g/mol. The first-order chi connectivity index (χ1) is 4.52. The highest BCUT2D eigenvalue weighted by atomic mass is 16.1. The average Bonchev–Trinajstić information content (AvgIpc) is 1.58. The molecule has 58 valence electrons. The fraction of sp³-hybridized carbons (Fsp3) is 0.625. The number of carbonyl (C=O) groups excluding carboxylic acids is 1. The van der Waals surface area contributed by atoms with E-state index in [4.69, 9.17) is 0 Å². The molecule has 0 unspecified atom stereocenters. The second-order valence-corrected chi connectivity index (χ2v) is 2.73. The zero-order chi connectivity index (χ0) is 8.15. The molecular weight excluding hydrogens is 126 g/mol. The normalized spacial score (nSPS) is 12.0. The van der Waals surface area contributed by atoms with Crippen molar-refractivity contribution in [2.75, 3.05) is 0 Å². The summed E-state index contributed by atoms with van der Waals surface area (Å²) in [6.07, 6.45) is 2.02. The molecule has 1 amide bonds. The molecule has 1 atom stereocenters. The minimum atomic E-state index is 0.0185. The molecule has 2 heteroatoms. The van der Waals surface area contributed by atoms with E-state index in [0.29, 0.717) is 0 Å². The summed E-state index contributed by atoms with van der Waals surface area (Å²) in [5.41, 5.74) is 1.22. The van der Waals surface area contributed by atoms with Crippen molar-refractivity contribution in [2.24, 2.45) is 0 Å². The topological polar surface area (TPSA) is 29.1 Å². The summed E-state index contributed by atoms with van der Waals surface area (Å²) in [6, 6.07) is 0.155. The van der Waals surface area contributed by atoms with E-state index in [1.807, 2.05) is 26.8 Å². The summed E-state index contributed by atoms with van der Waals surface area (Å²) in [6.45, 7) is 7.50. The second kappa shape index (κ2) is 4.09. The standard InChI is InChI=1S/C8H15NO/c1-6(2)5-7(3)9-8(4)10/h5,7H,1-4H3,(H,9,10)/t7-/m0/s1. The zero-order valence-electron chi connectivity index (χ0n) is 7.06. The molecule has 0 aromatic rings. The van der Waals surface area contributed by atoms with Crippen molar-refractivity contribution in [3.8, 4) is 0 Å². The van der Waals surface area contributed by atoms with Crippen LogP contribution in [0.25, 0.3) is 0 Å².